The highest BCUT2D eigenvalue weighted by Gasteiger charge is 2.23. The monoisotopic (exact) mass is 222 g/mol. The van der Waals surface area contributed by atoms with Crippen LogP contribution in [0.25, 0.3) is 0 Å². The van der Waals surface area contributed by atoms with Crippen molar-refractivity contribution in [2.24, 2.45) is 5.92 Å². The molecule has 1 aromatic carbocycles. The largest absolute Gasteiger partial charge is 0.398 e. The summed E-state index contributed by atoms with van der Waals surface area (Å²) in [5.41, 5.74) is 6.34. The zero-order chi connectivity index (χ0) is 11.5. The first-order valence-corrected chi connectivity index (χ1v) is 5.48. The summed E-state index contributed by atoms with van der Waals surface area (Å²) >= 11 is 0. The van der Waals surface area contributed by atoms with Crippen LogP contribution < -0.4 is 11.1 Å². The Morgan fingerprint density at radius 2 is 2.06 bits per heavy atom. The van der Waals surface area contributed by atoms with Crippen LogP contribution in [0.5, 0.6) is 0 Å². The Morgan fingerprint density at radius 1 is 1.38 bits per heavy atom. The van der Waals surface area contributed by atoms with Crippen molar-refractivity contribution < 1.29 is 9.18 Å². The van der Waals surface area contributed by atoms with Crippen LogP contribution in [0.15, 0.2) is 18.2 Å². The number of piperidine rings is 1. The number of carbonyl (C=O) groups is 1. The summed E-state index contributed by atoms with van der Waals surface area (Å²) in [5, 5.41) is 3.20. The van der Waals surface area contributed by atoms with Gasteiger partial charge in [-0.25, -0.2) is 4.39 Å². The van der Waals surface area contributed by atoms with Gasteiger partial charge in [0.2, 0.25) is 0 Å². The van der Waals surface area contributed by atoms with E-state index in [2.05, 4.69) is 5.32 Å². The molecule has 0 radical (unpaired) electrons. The number of hydrogen-bond acceptors (Lipinski definition) is 3. The average Bonchev–Trinajstić information content (AvgIpc) is 2.29. The molecule has 1 fully saturated rings. The average molecular weight is 222 g/mol. The molecule has 0 atom stereocenters. The molecule has 2 rings (SSSR count). The summed E-state index contributed by atoms with van der Waals surface area (Å²) in [6, 6.07) is 3.97. The van der Waals surface area contributed by atoms with Crippen LogP contribution in [0.2, 0.25) is 0 Å². The van der Waals surface area contributed by atoms with Crippen molar-refractivity contribution in [1.29, 1.82) is 0 Å². The zero-order valence-electron chi connectivity index (χ0n) is 9.00. The second-order valence-corrected chi connectivity index (χ2v) is 4.12. The van der Waals surface area contributed by atoms with Gasteiger partial charge in [-0.1, -0.05) is 0 Å². The fraction of sp³-hybridized carbons (Fsp3) is 0.417. The predicted octanol–water partition coefficient (Wildman–Crippen LogP) is 1.59. The Morgan fingerprint density at radius 3 is 2.69 bits per heavy atom. The number of halogens is 1. The van der Waals surface area contributed by atoms with Gasteiger partial charge in [-0.3, -0.25) is 4.79 Å². The van der Waals surface area contributed by atoms with Gasteiger partial charge in [-0.2, -0.15) is 0 Å². The first-order chi connectivity index (χ1) is 7.68. The zero-order valence-corrected chi connectivity index (χ0v) is 9.00. The summed E-state index contributed by atoms with van der Waals surface area (Å²) in [4.78, 5) is 12.1. The van der Waals surface area contributed by atoms with Crippen molar-refractivity contribution in [3.8, 4) is 0 Å². The molecule has 0 aromatic heterocycles. The van der Waals surface area contributed by atoms with Crippen molar-refractivity contribution >= 4 is 11.5 Å². The van der Waals surface area contributed by atoms with E-state index in [9.17, 15) is 9.18 Å². The number of benzene rings is 1. The quantitative estimate of drug-likeness (QED) is 0.590. The fourth-order valence-electron chi connectivity index (χ4n) is 2.06. The Kier molecular flexibility index (Phi) is 3.19. The van der Waals surface area contributed by atoms with Crippen molar-refractivity contribution in [3.63, 3.8) is 0 Å². The van der Waals surface area contributed by atoms with E-state index in [1.54, 1.807) is 0 Å². The number of nitrogens with two attached hydrogens (primary N) is 1. The standard InChI is InChI=1S/C12H15FN2O/c13-9-1-2-10(11(14)7-9)12(16)8-3-5-15-6-4-8/h1-2,7-8,15H,3-6,14H2. The lowest BCUT2D eigenvalue weighted by atomic mass is 9.89. The van der Waals surface area contributed by atoms with Crippen LogP contribution >= 0.6 is 0 Å². The highest BCUT2D eigenvalue weighted by Crippen LogP contribution is 2.22. The molecule has 0 aliphatic carbocycles. The minimum atomic E-state index is -0.403. The van der Waals surface area contributed by atoms with Gasteiger partial charge in [0.15, 0.2) is 5.78 Å². The van der Waals surface area contributed by atoms with Crippen LogP contribution in [0, 0.1) is 11.7 Å². The summed E-state index contributed by atoms with van der Waals surface area (Å²) in [7, 11) is 0. The molecule has 16 heavy (non-hydrogen) atoms. The highest BCUT2D eigenvalue weighted by atomic mass is 19.1. The van der Waals surface area contributed by atoms with Crippen molar-refractivity contribution in [3.05, 3.63) is 29.6 Å². The van der Waals surface area contributed by atoms with Gasteiger partial charge in [0, 0.05) is 17.2 Å². The molecule has 86 valence electrons. The molecule has 3 N–H and O–H groups in total. The predicted molar refractivity (Wildman–Crippen MR) is 60.7 cm³/mol. The summed E-state index contributed by atoms with van der Waals surface area (Å²) in [5.74, 6) is -0.340. The van der Waals surface area contributed by atoms with E-state index >= 15 is 0 Å². The molecule has 1 aliphatic rings. The molecule has 0 bridgehead atoms. The van der Waals surface area contributed by atoms with Crippen molar-refractivity contribution in [2.45, 2.75) is 12.8 Å². The topological polar surface area (TPSA) is 55.1 Å². The lowest BCUT2D eigenvalue weighted by molar-refractivity contribution is 0.0896. The number of nitrogens with one attached hydrogen (secondary N) is 1. The number of carbonyl (C=O) groups excluding carboxylic acids is 1. The van der Waals surface area contributed by atoms with Crippen LogP contribution in [0.4, 0.5) is 10.1 Å². The maximum atomic E-state index is 12.9. The molecule has 1 heterocycles. The Bertz CT molecular complexity index is 400. The van der Waals surface area contributed by atoms with E-state index < -0.39 is 5.82 Å². The maximum absolute atomic E-state index is 12.9. The summed E-state index contributed by atoms with van der Waals surface area (Å²) in [6.45, 7) is 1.72. The summed E-state index contributed by atoms with van der Waals surface area (Å²) in [6.07, 6.45) is 1.66. The normalized spacial score (nSPS) is 17.3. The minimum Gasteiger partial charge on any atom is -0.398 e. The molecular weight excluding hydrogens is 207 g/mol. The Balaban J connectivity index is 2.19. The third-order valence-corrected chi connectivity index (χ3v) is 2.99. The van der Waals surface area contributed by atoms with Gasteiger partial charge >= 0.3 is 0 Å². The van der Waals surface area contributed by atoms with Gasteiger partial charge in [0.25, 0.3) is 0 Å². The second-order valence-electron chi connectivity index (χ2n) is 4.12. The van der Waals surface area contributed by atoms with Gasteiger partial charge in [-0.15, -0.1) is 0 Å². The number of Topliss-reactive ketones (excluding diaryl/α,β-unsaturated/α-hetero) is 1. The van der Waals surface area contributed by atoms with Gasteiger partial charge in [-0.05, 0) is 44.1 Å². The second kappa shape index (κ2) is 4.61. The van der Waals surface area contributed by atoms with E-state index in [1.165, 1.54) is 18.2 Å². The van der Waals surface area contributed by atoms with Crippen LogP contribution in [0.3, 0.4) is 0 Å². The lowest BCUT2D eigenvalue weighted by Gasteiger charge is -2.21. The van der Waals surface area contributed by atoms with Crippen molar-refractivity contribution in [1.82, 2.24) is 5.32 Å². The number of rotatable bonds is 2. The Hall–Kier alpha value is -1.42. The molecule has 0 unspecified atom stereocenters. The maximum Gasteiger partial charge on any atom is 0.168 e. The van der Waals surface area contributed by atoms with E-state index in [0.717, 1.165) is 25.9 Å². The SMILES string of the molecule is Nc1cc(F)ccc1C(=O)C1CCNCC1. The molecule has 1 saturated heterocycles. The Labute approximate surface area is 93.8 Å². The first kappa shape index (κ1) is 11.1. The number of nitrogen functional groups attached to an aromatic ring is 1. The van der Waals surface area contributed by atoms with Crippen LogP contribution in [0.1, 0.15) is 23.2 Å². The smallest absolute Gasteiger partial charge is 0.168 e. The molecule has 1 aromatic rings. The van der Waals surface area contributed by atoms with Gasteiger partial charge in [0.1, 0.15) is 5.82 Å². The van der Waals surface area contributed by atoms with Crippen LogP contribution in [-0.4, -0.2) is 18.9 Å². The fourth-order valence-corrected chi connectivity index (χ4v) is 2.06. The number of hydrogen-bond donors (Lipinski definition) is 2. The third-order valence-electron chi connectivity index (χ3n) is 2.99. The molecular formula is C12H15FN2O. The lowest BCUT2D eigenvalue weighted by Crippen LogP contribution is -2.32. The van der Waals surface area contributed by atoms with E-state index in [4.69, 9.17) is 5.73 Å². The third kappa shape index (κ3) is 2.22. The molecule has 3 nitrogen and oxygen atoms in total. The first-order valence-electron chi connectivity index (χ1n) is 5.48. The molecule has 0 saturated carbocycles. The molecule has 4 heteroatoms. The molecule has 1 aliphatic heterocycles. The molecule has 0 spiro atoms. The summed E-state index contributed by atoms with van der Waals surface area (Å²) < 4.78 is 12.9. The van der Waals surface area contributed by atoms with E-state index in [-0.39, 0.29) is 17.4 Å². The van der Waals surface area contributed by atoms with Crippen molar-refractivity contribution in [2.75, 3.05) is 18.8 Å². The van der Waals surface area contributed by atoms with Gasteiger partial charge in [0.05, 0.1) is 0 Å². The van der Waals surface area contributed by atoms with E-state index in [0.29, 0.717) is 5.56 Å². The molecule has 0 amide bonds. The minimum absolute atomic E-state index is 0.0222. The number of anilines is 1. The highest BCUT2D eigenvalue weighted by molar-refractivity contribution is 6.02. The van der Waals surface area contributed by atoms with Crippen LogP contribution in [-0.2, 0) is 0 Å². The van der Waals surface area contributed by atoms with Gasteiger partial charge < -0.3 is 11.1 Å². The number of ketones is 1. The van der Waals surface area contributed by atoms with E-state index in [1.807, 2.05) is 0 Å².